The minimum atomic E-state index is 0.304. The van der Waals surface area contributed by atoms with Crippen LogP contribution in [0.1, 0.15) is 80.2 Å². The van der Waals surface area contributed by atoms with E-state index >= 15 is 0 Å². The van der Waals surface area contributed by atoms with Gasteiger partial charge in [0.2, 0.25) is 0 Å². The van der Waals surface area contributed by atoms with Crippen LogP contribution in [0.2, 0.25) is 0 Å². The van der Waals surface area contributed by atoms with Gasteiger partial charge in [-0.05, 0) is 71.3 Å². The maximum Gasteiger partial charge on any atom is 0.134 e. The molecule has 0 saturated carbocycles. The molecule has 3 aliphatic rings. The Labute approximate surface area is 210 Å². The lowest BCUT2D eigenvalue weighted by molar-refractivity contribution is 0.124. The van der Waals surface area contributed by atoms with Crippen molar-refractivity contribution < 1.29 is 0 Å². The van der Waals surface area contributed by atoms with Crippen LogP contribution < -0.4 is 0 Å². The van der Waals surface area contributed by atoms with Crippen LogP contribution in [0, 0.1) is 0 Å². The summed E-state index contributed by atoms with van der Waals surface area (Å²) in [6, 6.07) is 5.67. The molecule has 0 amide bonds. The molecule has 3 atom stereocenters. The fourth-order valence-electron chi connectivity index (χ4n) is 6.22. The lowest BCUT2D eigenvalue weighted by Gasteiger charge is -2.37. The Balaban J connectivity index is 1.48. The summed E-state index contributed by atoms with van der Waals surface area (Å²) in [5.41, 5.74) is 4.95. The second kappa shape index (κ2) is 10.3. The summed E-state index contributed by atoms with van der Waals surface area (Å²) in [4.78, 5) is 22.1. The van der Waals surface area contributed by atoms with Gasteiger partial charge in [-0.1, -0.05) is 12.1 Å². The first kappa shape index (κ1) is 24.3. The van der Waals surface area contributed by atoms with E-state index in [1.165, 1.54) is 24.1 Å². The molecule has 5 rings (SSSR count). The van der Waals surface area contributed by atoms with Gasteiger partial charge in [-0.15, -0.1) is 0 Å². The van der Waals surface area contributed by atoms with E-state index in [0.29, 0.717) is 24.3 Å². The summed E-state index contributed by atoms with van der Waals surface area (Å²) in [6.07, 6.45) is 14.5. The SMILES string of the molecule is CN=Cc1c(CN(C(C)C)[C@H]2CCCc3cccnc32)nc2n1C(N1CC[C@@H](N(C)C)C1)CC=C2. The first-order valence-electron chi connectivity index (χ1n) is 13.3. The van der Waals surface area contributed by atoms with Gasteiger partial charge < -0.3 is 9.47 Å². The molecule has 2 aliphatic heterocycles. The molecule has 1 aliphatic carbocycles. The Kier molecular flexibility index (Phi) is 7.19. The average Bonchev–Trinajstić information content (AvgIpc) is 3.48. The van der Waals surface area contributed by atoms with Crippen LogP contribution in [0.5, 0.6) is 0 Å². The highest BCUT2D eigenvalue weighted by atomic mass is 15.4. The third-order valence-corrected chi connectivity index (χ3v) is 8.12. The summed E-state index contributed by atoms with van der Waals surface area (Å²) < 4.78 is 2.45. The van der Waals surface area contributed by atoms with Crippen LogP contribution in [0.3, 0.4) is 0 Å². The molecule has 35 heavy (non-hydrogen) atoms. The Morgan fingerprint density at radius 3 is 2.86 bits per heavy atom. The van der Waals surface area contributed by atoms with Crippen molar-refractivity contribution in [2.24, 2.45) is 4.99 Å². The van der Waals surface area contributed by atoms with Crippen LogP contribution >= 0.6 is 0 Å². The number of fused-ring (bicyclic) bond motifs is 2. The molecule has 2 aromatic heterocycles. The first-order chi connectivity index (χ1) is 17.0. The Morgan fingerprint density at radius 2 is 2.11 bits per heavy atom. The molecule has 1 fully saturated rings. The quantitative estimate of drug-likeness (QED) is 0.563. The summed E-state index contributed by atoms with van der Waals surface area (Å²) in [5.74, 6) is 1.06. The van der Waals surface area contributed by atoms with Crippen LogP contribution in [0.25, 0.3) is 6.08 Å². The maximum atomic E-state index is 5.20. The second-order valence-electron chi connectivity index (χ2n) is 10.8. The molecule has 0 spiro atoms. The number of aliphatic imine (C=N–C) groups is 1. The van der Waals surface area contributed by atoms with Crippen molar-refractivity contribution in [3.63, 3.8) is 0 Å². The second-order valence-corrected chi connectivity index (χ2v) is 10.8. The highest BCUT2D eigenvalue weighted by molar-refractivity contribution is 5.80. The van der Waals surface area contributed by atoms with Crippen LogP contribution in [0.15, 0.2) is 29.4 Å². The van der Waals surface area contributed by atoms with Crippen molar-refractivity contribution in [3.8, 4) is 0 Å². The van der Waals surface area contributed by atoms with E-state index in [2.05, 4.69) is 76.5 Å². The molecular weight excluding hydrogens is 434 g/mol. The van der Waals surface area contributed by atoms with Crippen molar-refractivity contribution in [1.29, 1.82) is 0 Å². The van der Waals surface area contributed by atoms with Crippen molar-refractivity contribution in [2.75, 3.05) is 34.2 Å². The number of imidazole rings is 1. The third kappa shape index (κ3) is 4.74. The molecule has 7 nitrogen and oxygen atoms in total. The number of nitrogens with zero attached hydrogens (tertiary/aromatic N) is 7. The third-order valence-electron chi connectivity index (χ3n) is 8.12. The molecule has 0 aromatic carbocycles. The molecular formula is C28H41N7. The summed E-state index contributed by atoms with van der Waals surface area (Å²) in [6.45, 7) is 7.63. The highest BCUT2D eigenvalue weighted by Crippen LogP contribution is 2.37. The predicted octanol–water partition coefficient (Wildman–Crippen LogP) is 4.17. The molecule has 2 aromatic rings. The van der Waals surface area contributed by atoms with E-state index < -0.39 is 0 Å². The van der Waals surface area contributed by atoms with Gasteiger partial charge in [-0.3, -0.25) is 19.8 Å². The number of rotatable bonds is 7. The van der Waals surface area contributed by atoms with Gasteiger partial charge in [0.1, 0.15) is 5.82 Å². The summed E-state index contributed by atoms with van der Waals surface area (Å²) in [7, 11) is 6.27. The maximum absolute atomic E-state index is 5.20. The van der Waals surface area contributed by atoms with E-state index in [9.17, 15) is 0 Å². The number of likely N-dealkylation sites (N-methyl/N-ethyl adjacent to an activating group) is 1. The highest BCUT2D eigenvalue weighted by Gasteiger charge is 2.35. The first-order valence-corrected chi connectivity index (χ1v) is 13.3. The van der Waals surface area contributed by atoms with Gasteiger partial charge in [-0.25, -0.2) is 4.98 Å². The summed E-state index contributed by atoms with van der Waals surface area (Å²) in [5, 5.41) is 0. The van der Waals surface area contributed by atoms with Gasteiger partial charge in [-0.2, -0.15) is 0 Å². The lowest BCUT2D eigenvalue weighted by atomic mass is 9.90. The van der Waals surface area contributed by atoms with Crippen molar-refractivity contribution in [1.82, 2.24) is 29.2 Å². The average molecular weight is 476 g/mol. The van der Waals surface area contributed by atoms with Crippen LogP contribution in [-0.2, 0) is 13.0 Å². The monoisotopic (exact) mass is 475 g/mol. The van der Waals surface area contributed by atoms with E-state index in [0.717, 1.165) is 56.1 Å². The largest absolute Gasteiger partial charge is 0.307 e. The standard InChI is InChI=1S/C28H41N7/c1-20(2)34(24-11-6-9-21-10-8-15-30-28(21)24)19-23-25(17-29-3)35-26(31-23)12-7-13-27(35)33-16-14-22(18-33)32(4)5/h7-8,10,12,15,17,20,22,24,27H,6,9,11,13-14,16,18-19H2,1-5H3/t22-,24+,27?/m1/s1. The fourth-order valence-corrected chi connectivity index (χ4v) is 6.22. The van der Waals surface area contributed by atoms with E-state index in [-0.39, 0.29) is 0 Å². The Morgan fingerprint density at radius 1 is 1.26 bits per heavy atom. The molecule has 1 unspecified atom stereocenters. The van der Waals surface area contributed by atoms with Gasteiger partial charge in [0.05, 0.1) is 29.3 Å². The summed E-state index contributed by atoms with van der Waals surface area (Å²) >= 11 is 0. The normalized spacial score (nSPS) is 24.7. The zero-order chi connectivity index (χ0) is 24.5. The zero-order valence-electron chi connectivity index (χ0n) is 22.1. The molecule has 0 bridgehead atoms. The topological polar surface area (TPSA) is 52.8 Å². The molecule has 0 N–H and O–H groups in total. The van der Waals surface area contributed by atoms with E-state index in [1.807, 2.05) is 19.5 Å². The van der Waals surface area contributed by atoms with Crippen molar-refractivity contribution in [2.45, 2.75) is 76.8 Å². The number of likely N-dealkylation sites (tertiary alicyclic amines) is 1. The molecule has 0 radical (unpaired) electrons. The predicted molar refractivity (Wildman–Crippen MR) is 143 cm³/mol. The number of hydrogen-bond donors (Lipinski definition) is 0. The number of aryl methyl sites for hydroxylation is 1. The molecule has 1 saturated heterocycles. The van der Waals surface area contributed by atoms with Gasteiger partial charge in [0, 0.05) is 57.6 Å². The van der Waals surface area contributed by atoms with E-state index in [4.69, 9.17) is 9.97 Å². The minimum Gasteiger partial charge on any atom is -0.307 e. The Bertz CT molecular complexity index is 1080. The molecule has 4 heterocycles. The molecule has 188 valence electrons. The fraction of sp³-hybridized carbons (Fsp3) is 0.607. The zero-order valence-corrected chi connectivity index (χ0v) is 22.1. The Hall–Kier alpha value is -2.35. The van der Waals surface area contributed by atoms with Crippen molar-refractivity contribution >= 4 is 12.3 Å². The van der Waals surface area contributed by atoms with Crippen LogP contribution in [-0.4, -0.2) is 81.8 Å². The number of aromatic nitrogens is 3. The number of pyridine rings is 1. The van der Waals surface area contributed by atoms with Gasteiger partial charge in [0.15, 0.2) is 0 Å². The smallest absolute Gasteiger partial charge is 0.134 e. The minimum absolute atomic E-state index is 0.304. The molecule has 7 heteroatoms. The van der Waals surface area contributed by atoms with E-state index in [1.54, 1.807) is 0 Å². The van der Waals surface area contributed by atoms with Crippen molar-refractivity contribution in [3.05, 3.63) is 52.9 Å². The van der Waals surface area contributed by atoms with Crippen LogP contribution in [0.4, 0.5) is 0 Å². The lowest BCUT2D eigenvalue weighted by Crippen LogP contribution is -2.37. The van der Waals surface area contributed by atoms with Gasteiger partial charge in [0.25, 0.3) is 0 Å². The number of hydrogen-bond acceptors (Lipinski definition) is 6. The van der Waals surface area contributed by atoms with Gasteiger partial charge >= 0.3 is 0 Å².